The van der Waals surface area contributed by atoms with Crippen molar-refractivity contribution in [3.8, 4) is 0 Å². The molecule has 4 nitrogen and oxygen atoms in total. The van der Waals surface area contributed by atoms with Gasteiger partial charge in [-0.2, -0.15) is 0 Å². The summed E-state index contributed by atoms with van der Waals surface area (Å²) in [5, 5.41) is 1.39. The fraction of sp³-hybridized carbons (Fsp3) is 0.308. The van der Waals surface area contributed by atoms with Crippen molar-refractivity contribution in [1.82, 2.24) is 4.57 Å². The molecule has 0 saturated carbocycles. The first-order chi connectivity index (χ1) is 8.56. The topological polar surface area (TPSA) is 57.2 Å². The number of hydrogen-bond acceptors (Lipinski definition) is 3. The van der Waals surface area contributed by atoms with Crippen molar-refractivity contribution in [2.45, 2.75) is 13.0 Å². The molecule has 0 aliphatic carbocycles. The van der Waals surface area contributed by atoms with Crippen molar-refractivity contribution in [1.29, 1.82) is 0 Å². The molecule has 0 fully saturated rings. The van der Waals surface area contributed by atoms with Gasteiger partial charge >= 0.3 is 5.97 Å². The number of esters is 1. The third-order valence-corrected chi connectivity index (χ3v) is 3.18. The summed E-state index contributed by atoms with van der Waals surface area (Å²) in [5.74, 6) is -0.440. The number of rotatable bonds is 3. The fourth-order valence-corrected chi connectivity index (χ4v) is 2.31. The van der Waals surface area contributed by atoms with Gasteiger partial charge in [-0.25, -0.2) is 4.79 Å². The second-order valence-corrected chi connectivity index (χ2v) is 4.47. The van der Waals surface area contributed by atoms with Crippen molar-refractivity contribution in [3.63, 3.8) is 0 Å². The van der Waals surface area contributed by atoms with Gasteiger partial charge in [0.05, 0.1) is 11.6 Å². The maximum atomic E-state index is 11.7. The van der Waals surface area contributed by atoms with E-state index in [1.807, 2.05) is 29.9 Å². The third-order valence-electron chi connectivity index (χ3n) is 2.87. The van der Waals surface area contributed by atoms with Crippen LogP contribution in [0, 0.1) is 0 Å². The minimum absolute atomic E-state index is 0.311. The fourth-order valence-electron chi connectivity index (χ4n) is 2.03. The van der Waals surface area contributed by atoms with E-state index in [9.17, 15) is 4.79 Å². The largest absolute Gasteiger partial charge is 0.465 e. The van der Waals surface area contributed by atoms with Crippen molar-refractivity contribution >= 4 is 28.5 Å². The summed E-state index contributed by atoms with van der Waals surface area (Å²) in [6, 6.07) is 4.77. The molecule has 1 atom stereocenters. The Morgan fingerprint density at radius 1 is 1.56 bits per heavy atom. The van der Waals surface area contributed by atoms with E-state index in [0.717, 1.165) is 10.9 Å². The molecule has 0 saturated heterocycles. The molecule has 1 heterocycles. The van der Waals surface area contributed by atoms with Gasteiger partial charge in [-0.1, -0.05) is 17.7 Å². The molecule has 18 heavy (non-hydrogen) atoms. The Bertz CT molecular complexity index is 592. The van der Waals surface area contributed by atoms with Gasteiger partial charge < -0.3 is 15.0 Å². The highest BCUT2D eigenvalue weighted by atomic mass is 35.5. The van der Waals surface area contributed by atoms with Crippen LogP contribution in [0.15, 0.2) is 24.4 Å². The number of nitrogens with two attached hydrogens (primary N) is 1. The zero-order chi connectivity index (χ0) is 13.3. The predicted molar refractivity (Wildman–Crippen MR) is 71.5 cm³/mol. The average Bonchev–Trinajstić information content (AvgIpc) is 2.68. The van der Waals surface area contributed by atoms with Gasteiger partial charge in [0.1, 0.15) is 6.04 Å². The number of carbonyl (C=O) groups is 1. The highest BCUT2D eigenvalue weighted by Gasteiger charge is 2.22. The molecule has 1 aromatic heterocycles. The van der Waals surface area contributed by atoms with Crippen molar-refractivity contribution in [3.05, 3.63) is 35.0 Å². The normalized spacial score (nSPS) is 12.7. The van der Waals surface area contributed by atoms with Crippen LogP contribution in [-0.2, 0) is 16.6 Å². The zero-order valence-corrected chi connectivity index (χ0v) is 11.1. The Hall–Kier alpha value is -1.52. The van der Waals surface area contributed by atoms with Crippen LogP contribution in [0.5, 0.6) is 0 Å². The van der Waals surface area contributed by atoms with Gasteiger partial charge in [0, 0.05) is 29.7 Å². The molecule has 0 bridgehead atoms. The molecule has 1 aromatic carbocycles. The smallest absolute Gasteiger partial charge is 0.327 e. The van der Waals surface area contributed by atoms with E-state index >= 15 is 0 Å². The molecule has 2 rings (SSSR count). The van der Waals surface area contributed by atoms with Gasteiger partial charge in [0.2, 0.25) is 0 Å². The number of nitrogens with zero attached hydrogens (tertiary/aromatic N) is 1. The van der Waals surface area contributed by atoms with Crippen molar-refractivity contribution in [2.24, 2.45) is 12.8 Å². The van der Waals surface area contributed by atoms with Crippen LogP contribution in [0.4, 0.5) is 0 Å². The Kier molecular flexibility index (Phi) is 3.59. The van der Waals surface area contributed by atoms with E-state index in [2.05, 4.69) is 0 Å². The Balaban J connectivity index is 2.54. The minimum atomic E-state index is -0.812. The highest BCUT2D eigenvalue weighted by molar-refractivity contribution is 6.35. The zero-order valence-electron chi connectivity index (χ0n) is 10.3. The summed E-state index contributed by atoms with van der Waals surface area (Å²) < 4.78 is 6.84. The van der Waals surface area contributed by atoms with E-state index in [-0.39, 0.29) is 0 Å². The first-order valence-corrected chi connectivity index (χ1v) is 6.09. The maximum Gasteiger partial charge on any atom is 0.327 e. The van der Waals surface area contributed by atoms with Crippen LogP contribution in [0.1, 0.15) is 18.5 Å². The van der Waals surface area contributed by atoms with E-state index in [4.69, 9.17) is 22.1 Å². The molecule has 1 unspecified atom stereocenters. The molecular formula is C13H15ClN2O2. The standard InChI is InChI=1S/C13H15ClN2O2/c1-3-18-13(17)12(15)8-7-16(2)10-6-4-5-9(14)11(8)10/h4-7,12H,3,15H2,1-2H3. The van der Waals surface area contributed by atoms with E-state index in [1.165, 1.54) is 0 Å². The number of carbonyl (C=O) groups excluding carboxylic acids is 1. The minimum Gasteiger partial charge on any atom is -0.465 e. The lowest BCUT2D eigenvalue weighted by Crippen LogP contribution is -2.23. The summed E-state index contributed by atoms with van der Waals surface area (Å²) in [7, 11) is 1.89. The molecule has 0 spiro atoms. The molecule has 2 aromatic rings. The lowest BCUT2D eigenvalue weighted by atomic mass is 10.1. The van der Waals surface area contributed by atoms with Crippen LogP contribution in [0.2, 0.25) is 5.02 Å². The monoisotopic (exact) mass is 266 g/mol. The first-order valence-electron chi connectivity index (χ1n) is 5.72. The first kappa shape index (κ1) is 12.9. The van der Waals surface area contributed by atoms with Gasteiger partial charge in [-0.15, -0.1) is 0 Å². The lowest BCUT2D eigenvalue weighted by molar-refractivity contribution is -0.144. The number of benzene rings is 1. The van der Waals surface area contributed by atoms with Gasteiger partial charge in [-0.05, 0) is 19.1 Å². The van der Waals surface area contributed by atoms with Gasteiger partial charge in [0.15, 0.2) is 0 Å². The van der Waals surface area contributed by atoms with Crippen LogP contribution < -0.4 is 5.73 Å². The maximum absolute atomic E-state index is 11.7. The molecule has 96 valence electrons. The molecule has 0 aliphatic heterocycles. The summed E-state index contributed by atoms with van der Waals surface area (Å²) >= 11 is 6.18. The molecular weight excluding hydrogens is 252 g/mol. The third kappa shape index (κ3) is 2.09. The van der Waals surface area contributed by atoms with Crippen molar-refractivity contribution < 1.29 is 9.53 Å². The SMILES string of the molecule is CCOC(=O)C(N)c1cn(C)c2cccc(Cl)c12. The summed E-state index contributed by atoms with van der Waals surface area (Å²) in [4.78, 5) is 11.7. The number of hydrogen-bond donors (Lipinski definition) is 1. The van der Waals surface area contributed by atoms with Crippen molar-refractivity contribution in [2.75, 3.05) is 6.61 Å². The molecule has 5 heteroatoms. The van der Waals surface area contributed by atoms with E-state index in [1.54, 1.807) is 13.0 Å². The summed E-state index contributed by atoms with van der Waals surface area (Å²) in [6.45, 7) is 2.06. The summed E-state index contributed by atoms with van der Waals surface area (Å²) in [6.07, 6.45) is 1.82. The second kappa shape index (κ2) is 5.00. The average molecular weight is 267 g/mol. The Morgan fingerprint density at radius 3 is 2.94 bits per heavy atom. The second-order valence-electron chi connectivity index (χ2n) is 4.06. The molecule has 0 amide bonds. The number of ether oxygens (including phenoxy) is 1. The van der Waals surface area contributed by atoms with E-state index in [0.29, 0.717) is 17.2 Å². The number of aryl methyl sites for hydroxylation is 1. The quantitative estimate of drug-likeness (QED) is 0.868. The lowest BCUT2D eigenvalue weighted by Gasteiger charge is -2.09. The number of aromatic nitrogens is 1. The molecule has 0 aliphatic rings. The van der Waals surface area contributed by atoms with Gasteiger partial charge in [-0.3, -0.25) is 0 Å². The molecule has 2 N–H and O–H groups in total. The molecule has 0 radical (unpaired) electrons. The Morgan fingerprint density at radius 2 is 2.28 bits per heavy atom. The highest BCUT2D eigenvalue weighted by Crippen LogP contribution is 2.31. The Labute approximate surface area is 110 Å². The van der Waals surface area contributed by atoms with Crippen LogP contribution >= 0.6 is 11.6 Å². The number of halogens is 1. The van der Waals surface area contributed by atoms with Gasteiger partial charge in [0.25, 0.3) is 0 Å². The number of fused-ring (bicyclic) bond motifs is 1. The van der Waals surface area contributed by atoms with Crippen LogP contribution in [-0.4, -0.2) is 17.1 Å². The van der Waals surface area contributed by atoms with E-state index < -0.39 is 12.0 Å². The summed E-state index contributed by atoms with van der Waals surface area (Å²) in [5.41, 5.74) is 7.56. The predicted octanol–water partition coefficient (Wildman–Crippen LogP) is 2.39. The van der Waals surface area contributed by atoms with Crippen LogP contribution in [0.25, 0.3) is 10.9 Å². The van der Waals surface area contributed by atoms with Crippen LogP contribution in [0.3, 0.4) is 0 Å².